The van der Waals surface area contributed by atoms with Crippen LogP contribution in [0.25, 0.3) is 10.2 Å². The lowest BCUT2D eigenvalue weighted by atomic mass is 10.1. The van der Waals surface area contributed by atoms with Crippen LogP contribution < -0.4 is 10.6 Å². The number of thiazole rings is 1. The first-order valence-electron chi connectivity index (χ1n) is 9.35. The summed E-state index contributed by atoms with van der Waals surface area (Å²) in [5.41, 5.74) is -0.370. The molecule has 0 aliphatic heterocycles. The van der Waals surface area contributed by atoms with E-state index in [1.54, 1.807) is 11.3 Å². The molecule has 0 atom stereocenters. The van der Waals surface area contributed by atoms with Gasteiger partial charge in [-0.15, -0.1) is 11.3 Å². The molecule has 0 bridgehead atoms. The van der Waals surface area contributed by atoms with Gasteiger partial charge in [-0.2, -0.15) is 13.2 Å². The average molecular weight is 435 g/mol. The fourth-order valence-electron chi connectivity index (χ4n) is 2.97. The van der Waals surface area contributed by atoms with Crippen LogP contribution in [0.4, 0.5) is 24.5 Å². The van der Waals surface area contributed by atoms with Crippen LogP contribution in [0, 0.1) is 0 Å². The van der Waals surface area contributed by atoms with E-state index in [-0.39, 0.29) is 17.8 Å². The third kappa shape index (κ3) is 5.79. The number of hydrogen-bond acceptors (Lipinski definition) is 4. The molecule has 3 rings (SSSR count). The second-order valence-electron chi connectivity index (χ2n) is 6.77. The lowest BCUT2D eigenvalue weighted by Crippen LogP contribution is -2.17. The summed E-state index contributed by atoms with van der Waals surface area (Å²) in [6.07, 6.45) is -2.60. The highest BCUT2D eigenvalue weighted by Crippen LogP contribution is 2.36. The Morgan fingerprint density at radius 2 is 1.83 bits per heavy atom. The van der Waals surface area contributed by atoms with E-state index in [9.17, 15) is 22.8 Å². The van der Waals surface area contributed by atoms with Gasteiger partial charge in [0.05, 0.1) is 26.5 Å². The smallest absolute Gasteiger partial charge is 0.326 e. The molecule has 0 aliphatic rings. The van der Waals surface area contributed by atoms with Gasteiger partial charge in [-0.1, -0.05) is 12.1 Å². The zero-order valence-electron chi connectivity index (χ0n) is 16.2. The number of amides is 2. The number of anilines is 2. The maximum Gasteiger partial charge on any atom is 0.418 e. The lowest BCUT2D eigenvalue weighted by Gasteiger charge is -2.15. The zero-order valence-corrected chi connectivity index (χ0v) is 17.0. The minimum Gasteiger partial charge on any atom is -0.326 e. The Labute approximate surface area is 175 Å². The molecule has 0 spiro atoms. The fourth-order valence-corrected chi connectivity index (χ4v) is 3.98. The van der Waals surface area contributed by atoms with E-state index in [2.05, 4.69) is 15.6 Å². The first-order chi connectivity index (χ1) is 14.2. The topological polar surface area (TPSA) is 71.1 Å². The number of fused-ring (bicyclic) bond motifs is 1. The second kappa shape index (κ2) is 9.25. The number of alkyl halides is 3. The molecule has 0 aliphatic carbocycles. The first kappa shape index (κ1) is 21.8. The summed E-state index contributed by atoms with van der Waals surface area (Å²) in [5, 5.41) is 5.62. The maximum absolute atomic E-state index is 13.3. The predicted molar refractivity (Wildman–Crippen MR) is 112 cm³/mol. The van der Waals surface area contributed by atoms with Crippen molar-refractivity contribution in [3.63, 3.8) is 0 Å². The Morgan fingerprint density at radius 1 is 1.07 bits per heavy atom. The predicted octanol–water partition coefficient (Wildman–Crippen LogP) is 5.63. The molecule has 3 aromatic rings. The Morgan fingerprint density at radius 3 is 2.53 bits per heavy atom. The molecule has 9 heteroatoms. The minimum atomic E-state index is -4.66. The number of rotatable bonds is 7. The molecule has 1 heterocycles. The van der Waals surface area contributed by atoms with E-state index < -0.39 is 23.6 Å². The van der Waals surface area contributed by atoms with E-state index in [0.29, 0.717) is 19.3 Å². The summed E-state index contributed by atoms with van der Waals surface area (Å²) >= 11 is 1.60. The molecule has 2 N–H and O–H groups in total. The van der Waals surface area contributed by atoms with Crippen LogP contribution in [-0.2, 0) is 22.2 Å². The Hall–Kier alpha value is -2.94. The van der Waals surface area contributed by atoms with Gasteiger partial charge in [0.1, 0.15) is 0 Å². The third-order valence-corrected chi connectivity index (χ3v) is 5.40. The van der Waals surface area contributed by atoms with Gasteiger partial charge in [-0.05, 0) is 49.6 Å². The van der Waals surface area contributed by atoms with Crippen molar-refractivity contribution in [1.82, 2.24) is 4.98 Å². The van der Waals surface area contributed by atoms with Gasteiger partial charge in [0.15, 0.2) is 0 Å². The third-order valence-electron chi connectivity index (χ3n) is 4.30. The number of unbranched alkanes of at least 4 members (excludes halogenated alkanes) is 1. The van der Waals surface area contributed by atoms with Gasteiger partial charge < -0.3 is 10.6 Å². The molecule has 30 heavy (non-hydrogen) atoms. The molecule has 2 amide bonds. The largest absolute Gasteiger partial charge is 0.418 e. The molecular weight excluding hydrogens is 415 g/mol. The van der Waals surface area contributed by atoms with E-state index in [0.717, 1.165) is 27.4 Å². The van der Waals surface area contributed by atoms with Crippen LogP contribution >= 0.6 is 11.3 Å². The minimum absolute atomic E-state index is 0.0173. The number of nitrogens with zero attached hydrogens (tertiary/aromatic N) is 1. The molecule has 0 unspecified atom stereocenters. The van der Waals surface area contributed by atoms with Crippen LogP contribution in [0.5, 0.6) is 0 Å². The number of nitrogens with one attached hydrogen (secondary N) is 2. The van der Waals surface area contributed by atoms with E-state index in [1.165, 1.54) is 13.0 Å². The molecule has 2 aromatic carbocycles. The summed E-state index contributed by atoms with van der Waals surface area (Å²) in [7, 11) is 0. The van der Waals surface area contributed by atoms with Crippen molar-refractivity contribution >= 4 is 44.7 Å². The number of aryl methyl sites for hydroxylation is 1. The molecule has 158 valence electrons. The van der Waals surface area contributed by atoms with Crippen LogP contribution in [0.15, 0.2) is 42.5 Å². The van der Waals surface area contributed by atoms with Crippen LogP contribution in [-0.4, -0.2) is 16.8 Å². The zero-order chi connectivity index (χ0) is 21.7. The Balaban J connectivity index is 1.55. The number of carbonyl (C=O) groups excluding carboxylic acids is 2. The molecular formula is C21H20F3N3O2S. The van der Waals surface area contributed by atoms with Crippen molar-refractivity contribution in [3.8, 4) is 0 Å². The number of para-hydroxylation sites is 1. The number of hydrogen-bond donors (Lipinski definition) is 2. The van der Waals surface area contributed by atoms with Gasteiger partial charge in [0.25, 0.3) is 0 Å². The monoisotopic (exact) mass is 435 g/mol. The lowest BCUT2D eigenvalue weighted by molar-refractivity contribution is -0.137. The summed E-state index contributed by atoms with van der Waals surface area (Å²) in [6.45, 7) is 1.21. The van der Waals surface area contributed by atoms with Crippen LogP contribution in [0.3, 0.4) is 0 Å². The van der Waals surface area contributed by atoms with Gasteiger partial charge in [-0.25, -0.2) is 4.98 Å². The highest BCUT2D eigenvalue weighted by Gasteiger charge is 2.34. The number of halogens is 3. The molecule has 0 radical (unpaired) electrons. The summed E-state index contributed by atoms with van der Waals surface area (Å²) in [6, 6.07) is 11.1. The maximum atomic E-state index is 13.3. The average Bonchev–Trinajstić information content (AvgIpc) is 3.08. The number of aromatic nitrogens is 1. The SMILES string of the molecule is CC(=O)Nc1ccc(NC(=O)CCCCc2nc3ccccc3s2)c(C(F)(F)F)c1. The number of benzene rings is 2. The van der Waals surface area contributed by atoms with Gasteiger partial charge in [0.2, 0.25) is 11.8 Å². The first-order valence-corrected chi connectivity index (χ1v) is 10.2. The Kier molecular flexibility index (Phi) is 6.71. The molecule has 1 aromatic heterocycles. The summed E-state index contributed by atoms with van der Waals surface area (Å²) in [4.78, 5) is 27.7. The highest BCUT2D eigenvalue weighted by atomic mass is 32.1. The number of carbonyl (C=O) groups is 2. The fraction of sp³-hybridized carbons (Fsp3) is 0.286. The van der Waals surface area contributed by atoms with Crippen molar-refractivity contribution in [2.24, 2.45) is 0 Å². The van der Waals surface area contributed by atoms with Crippen molar-refractivity contribution < 1.29 is 22.8 Å². The van der Waals surface area contributed by atoms with Gasteiger partial charge in [0, 0.05) is 19.0 Å². The quantitative estimate of drug-likeness (QED) is 0.473. The molecule has 0 saturated carbocycles. The van der Waals surface area contributed by atoms with Crippen molar-refractivity contribution in [2.45, 2.75) is 38.8 Å². The molecule has 5 nitrogen and oxygen atoms in total. The van der Waals surface area contributed by atoms with Gasteiger partial charge in [-0.3, -0.25) is 9.59 Å². The Bertz CT molecular complexity index is 1030. The van der Waals surface area contributed by atoms with Gasteiger partial charge >= 0.3 is 6.18 Å². The van der Waals surface area contributed by atoms with Crippen LogP contribution in [0.1, 0.15) is 36.8 Å². The molecule has 0 fully saturated rings. The van der Waals surface area contributed by atoms with Crippen molar-refractivity contribution in [2.75, 3.05) is 10.6 Å². The van der Waals surface area contributed by atoms with Crippen molar-refractivity contribution in [1.29, 1.82) is 0 Å². The van der Waals surface area contributed by atoms with Crippen LogP contribution in [0.2, 0.25) is 0 Å². The second-order valence-corrected chi connectivity index (χ2v) is 7.89. The van der Waals surface area contributed by atoms with E-state index in [1.807, 2.05) is 24.3 Å². The van der Waals surface area contributed by atoms with E-state index in [4.69, 9.17) is 0 Å². The molecule has 0 saturated heterocycles. The summed E-state index contributed by atoms with van der Waals surface area (Å²) in [5.74, 6) is -0.967. The highest BCUT2D eigenvalue weighted by molar-refractivity contribution is 7.18. The normalized spacial score (nSPS) is 11.5. The van der Waals surface area contributed by atoms with Crippen molar-refractivity contribution in [3.05, 3.63) is 53.0 Å². The summed E-state index contributed by atoms with van der Waals surface area (Å²) < 4.78 is 41.1. The van der Waals surface area contributed by atoms with E-state index >= 15 is 0 Å². The standard InChI is InChI=1S/C21H20F3N3O2S/c1-13(28)25-14-10-11-16(15(12-14)21(22,23)24)26-19(29)8-4-5-9-20-27-17-6-2-3-7-18(17)30-20/h2-3,6-7,10-12H,4-5,8-9H2,1H3,(H,25,28)(H,26,29).